The van der Waals surface area contributed by atoms with Crippen LogP contribution in [0.5, 0.6) is 5.75 Å². The standard InChI is InChI=1S/C21H30N4O/c1-3-4-7-14-26-20-15-17(2)9-10-18(20)16-25-21(22)24-13-11-19-8-5-6-12-23-19/h5-6,8-10,12,15H,3-4,7,11,13-14,16H2,1-2H3,(H3,22,24,25). The average Bonchev–Trinajstić information content (AvgIpc) is 2.65. The fourth-order valence-corrected chi connectivity index (χ4v) is 2.55. The van der Waals surface area contributed by atoms with Gasteiger partial charge in [0.05, 0.1) is 13.2 Å². The minimum atomic E-state index is 0.443. The molecule has 5 heteroatoms. The number of unbranched alkanes of at least 4 members (excludes halogenated alkanes) is 2. The molecule has 2 rings (SSSR count). The van der Waals surface area contributed by atoms with E-state index < -0.39 is 0 Å². The summed E-state index contributed by atoms with van der Waals surface area (Å²) in [6.07, 6.45) is 6.06. The van der Waals surface area contributed by atoms with Gasteiger partial charge in [0.25, 0.3) is 0 Å². The molecule has 5 nitrogen and oxygen atoms in total. The van der Waals surface area contributed by atoms with Gasteiger partial charge in [-0.3, -0.25) is 4.98 Å². The van der Waals surface area contributed by atoms with E-state index in [1.54, 1.807) is 6.20 Å². The molecule has 0 atom stereocenters. The lowest BCUT2D eigenvalue weighted by Crippen LogP contribution is -2.33. The lowest BCUT2D eigenvalue weighted by Gasteiger charge is -2.12. The van der Waals surface area contributed by atoms with Gasteiger partial charge in [-0.25, -0.2) is 4.99 Å². The zero-order valence-electron chi connectivity index (χ0n) is 15.9. The van der Waals surface area contributed by atoms with E-state index in [0.29, 0.717) is 19.0 Å². The van der Waals surface area contributed by atoms with E-state index in [4.69, 9.17) is 10.5 Å². The maximum Gasteiger partial charge on any atom is 0.188 e. The maximum absolute atomic E-state index is 5.98. The molecule has 1 aromatic carbocycles. The zero-order valence-corrected chi connectivity index (χ0v) is 15.9. The first-order valence-electron chi connectivity index (χ1n) is 9.35. The molecule has 0 radical (unpaired) electrons. The van der Waals surface area contributed by atoms with Crippen LogP contribution in [0.4, 0.5) is 0 Å². The van der Waals surface area contributed by atoms with Gasteiger partial charge in [0, 0.05) is 30.4 Å². The Morgan fingerprint density at radius 1 is 1.23 bits per heavy atom. The molecule has 0 amide bonds. The van der Waals surface area contributed by atoms with E-state index >= 15 is 0 Å². The van der Waals surface area contributed by atoms with Crippen molar-refractivity contribution in [2.75, 3.05) is 13.2 Å². The van der Waals surface area contributed by atoms with Crippen LogP contribution in [0, 0.1) is 6.92 Å². The van der Waals surface area contributed by atoms with Crippen molar-refractivity contribution < 1.29 is 4.74 Å². The Balaban J connectivity index is 1.85. The van der Waals surface area contributed by atoms with Crippen LogP contribution in [0.2, 0.25) is 0 Å². The predicted octanol–water partition coefficient (Wildman–Crippen LogP) is 3.61. The van der Waals surface area contributed by atoms with E-state index in [0.717, 1.165) is 36.5 Å². The van der Waals surface area contributed by atoms with Crippen LogP contribution in [0.3, 0.4) is 0 Å². The molecule has 2 aromatic rings. The molecule has 26 heavy (non-hydrogen) atoms. The van der Waals surface area contributed by atoms with Gasteiger partial charge < -0.3 is 15.8 Å². The van der Waals surface area contributed by atoms with Crippen molar-refractivity contribution in [3.63, 3.8) is 0 Å². The van der Waals surface area contributed by atoms with Crippen molar-refractivity contribution in [2.24, 2.45) is 10.7 Å². The average molecular weight is 354 g/mol. The molecule has 0 fully saturated rings. The highest BCUT2D eigenvalue weighted by atomic mass is 16.5. The molecule has 0 spiro atoms. The minimum Gasteiger partial charge on any atom is -0.493 e. The Bertz CT molecular complexity index is 686. The summed E-state index contributed by atoms with van der Waals surface area (Å²) < 4.78 is 5.95. The predicted molar refractivity (Wildman–Crippen MR) is 107 cm³/mol. The van der Waals surface area contributed by atoms with E-state index in [9.17, 15) is 0 Å². The van der Waals surface area contributed by atoms with Gasteiger partial charge in [0.2, 0.25) is 0 Å². The number of benzene rings is 1. The quantitative estimate of drug-likeness (QED) is 0.388. The highest BCUT2D eigenvalue weighted by molar-refractivity contribution is 5.77. The van der Waals surface area contributed by atoms with Gasteiger partial charge in [-0.2, -0.15) is 0 Å². The Hall–Kier alpha value is -2.56. The molecule has 0 aliphatic heterocycles. The lowest BCUT2D eigenvalue weighted by atomic mass is 10.1. The summed E-state index contributed by atoms with van der Waals surface area (Å²) in [7, 11) is 0. The first-order chi connectivity index (χ1) is 12.7. The lowest BCUT2D eigenvalue weighted by molar-refractivity contribution is 0.303. The van der Waals surface area contributed by atoms with Crippen molar-refractivity contribution in [3.8, 4) is 5.75 Å². The van der Waals surface area contributed by atoms with Crippen molar-refractivity contribution in [3.05, 3.63) is 59.4 Å². The van der Waals surface area contributed by atoms with Gasteiger partial charge >= 0.3 is 0 Å². The first kappa shape index (κ1) is 19.8. The number of pyridine rings is 1. The molecule has 0 saturated carbocycles. The summed E-state index contributed by atoms with van der Waals surface area (Å²) in [6, 6.07) is 12.1. The number of nitrogens with zero attached hydrogens (tertiary/aromatic N) is 2. The minimum absolute atomic E-state index is 0.443. The second kappa shape index (κ2) is 11.1. The molecular weight excluding hydrogens is 324 g/mol. The largest absolute Gasteiger partial charge is 0.493 e. The Kier molecular flexibility index (Phi) is 8.46. The number of aryl methyl sites for hydroxylation is 1. The number of aromatic nitrogens is 1. The SMILES string of the molecule is CCCCCOc1cc(C)ccc1CN=C(N)NCCc1ccccn1. The second-order valence-electron chi connectivity index (χ2n) is 6.37. The number of nitrogens with two attached hydrogens (primary N) is 1. The van der Waals surface area contributed by atoms with Gasteiger partial charge in [0.15, 0.2) is 5.96 Å². The smallest absolute Gasteiger partial charge is 0.188 e. The van der Waals surface area contributed by atoms with Crippen LogP contribution in [-0.2, 0) is 13.0 Å². The summed E-state index contributed by atoms with van der Waals surface area (Å²) in [6.45, 7) is 6.22. The first-order valence-corrected chi connectivity index (χ1v) is 9.35. The van der Waals surface area contributed by atoms with E-state index in [-0.39, 0.29) is 0 Å². The third kappa shape index (κ3) is 7.13. The van der Waals surface area contributed by atoms with Crippen LogP contribution in [0.1, 0.15) is 43.0 Å². The molecule has 1 aromatic heterocycles. The Morgan fingerprint density at radius 2 is 2.12 bits per heavy atom. The zero-order chi connectivity index (χ0) is 18.6. The number of hydrogen-bond acceptors (Lipinski definition) is 3. The van der Waals surface area contributed by atoms with Crippen LogP contribution in [0.25, 0.3) is 0 Å². The summed E-state index contributed by atoms with van der Waals surface area (Å²) >= 11 is 0. The Labute approximate surface area is 156 Å². The molecule has 0 saturated heterocycles. The monoisotopic (exact) mass is 354 g/mol. The number of hydrogen-bond donors (Lipinski definition) is 2. The van der Waals surface area contributed by atoms with Crippen LogP contribution < -0.4 is 15.8 Å². The van der Waals surface area contributed by atoms with Crippen molar-refractivity contribution in [1.82, 2.24) is 10.3 Å². The number of nitrogens with one attached hydrogen (secondary N) is 1. The van der Waals surface area contributed by atoms with E-state index in [1.807, 2.05) is 18.2 Å². The summed E-state index contributed by atoms with van der Waals surface area (Å²) in [4.78, 5) is 8.74. The fourth-order valence-electron chi connectivity index (χ4n) is 2.55. The molecule has 140 valence electrons. The normalized spacial score (nSPS) is 11.4. The van der Waals surface area contributed by atoms with Gasteiger partial charge in [-0.1, -0.05) is 38.0 Å². The highest BCUT2D eigenvalue weighted by Crippen LogP contribution is 2.21. The third-order valence-corrected chi connectivity index (χ3v) is 4.06. The summed E-state index contributed by atoms with van der Waals surface area (Å²) in [5.41, 5.74) is 9.26. The molecule has 1 heterocycles. The van der Waals surface area contributed by atoms with Crippen molar-refractivity contribution in [1.29, 1.82) is 0 Å². The number of guanidine groups is 1. The molecule has 0 unspecified atom stereocenters. The van der Waals surface area contributed by atoms with E-state index in [1.165, 1.54) is 18.4 Å². The number of ether oxygens (including phenoxy) is 1. The summed E-state index contributed by atoms with van der Waals surface area (Å²) in [5, 5.41) is 3.14. The molecular formula is C21H30N4O. The van der Waals surface area contributed by atoms with Gasteiger partial charge in [-0.15, -0.1) is 0 Å². The van der Waals surface area contributed by atoms with E-state index in [2.05, 4.69) is 47.3 Å². The highest BCUT2D eigenvalue weighted by Gasteiger charge is 2.04. The fraction of sp³-hybridized carbons (Fsp3) is 0.429. The summed E-state index contributed by atoms with van der Waals surface area (Å²) in [5.74, 6) is 1.35. The van der Waals surface area contributed by atoms with Crippen molar-refractivity contribution in [2.45, 2.75) is 46.1 Å². The number of aliphatic imine (C=N–C) groups is 1. The van der Waals surface area contributed by atoms with Crippen LogP contribution in [-0.4, -0.2) is 24.1 Å². The molecule has 0 bridgehead atoms. The number of rotatable bonds is 10. The van der Waals surface area contributed by atoms with Crippen molar-refractivity contribution >= 4 is 5.96 Å². The van der Waals surface area contributed by atoms with Crippen LogP contribution >= 0.6 is 0 Å². The van der Waals surface area contributed by atoms with Gasteiger partial charge in [-0.05, 0) is 37.1 Å². The Morgan fingerprint density at radius 3 is 2.88 bits per heavy atom. The third-order valence-electron chi connectivity index (χ3n) is 4.06. The van der Waals surface area contributed by atoms with Gasteiger partial charge in [0.1, 0.15) is 5.75 Å². The second-order valence-corrected chi connectivity index (χ2v) is 6.37. The van der Waals surface area contributed by atoms with Crippen LogP contribution in [0.15, 0.2) is 47.6 Å². The molecule has 3 N–H and O–H groups in total. The molecule has 0 aliphatic carbocycles. The topological polar surface area (TPSA) is 72.5 Å². The maximum atomic E-state index is 5.98. The molecule has 0 aliphatic rings.